The number of rotatable bonds is 4. The maximum Gasteiger partial charge on any atom is 0.106 e. The van der Waals surface area contributed by atoms with Crippen molar-refractivity contribution >= 4 is 0 Å². The molecule has 0 spiro atoms. The zero-order valence-corrected chi connectivity index (χ0v) is 19.9. The Morgan fingerprint density at radius 2 is 1.59 bits per heavy atom. The van der Waals surface area contributed by atoms with Gasteiger partial charge in [-0.3, -0.25) is 4.98 Å². The molecule has 2 aromatic heterocycles. The van der Waals surface area contributed by atoms with Crippen molar-refractivity contribution in [2.45, 2.75) is 53.2 Å². The molecular weight excluding hydrogens is 542 g/mol. The molecule has 5 nitrogen and oxygen atoms in total. The van der Waals surface area contributed by atoms with Crippen molar-refractivity contribution in [3.05, 3.63) is 65.7 Å². The van der Waals surface area contributed by atoms with E-state index in [1.165, 1.54) is 11.1 Å². The maximum absolute atomic E-state index is 8.56. The topological polar surface area (TPSA) is 79.1 Å². The average molecular weight is 571 g/mol. The molecule has 0 amide bonds. The number of aromatic nitrogens is 3. The van der Waals surface area contributed by atoms with Crippen LogP contribution in [0.2, 0.25) is 0 Å². The van der Waals surface area contributed by atoms with E-state index >= 15 is 0 Å². The summed E-state index contributed by atoms with van der Waals surface area (Å²) in [6.45, 7) is 9.47. The van der Waals surface area contributed by atoms with Crippen LogP contribution in [0.15, 0.2) is 42.9 Å². The van der Waals surface area contributed by atoms with Crippen molar-refractivity contribution in [3.8, 4) is 22.5 Å². The summed E-state index contributed by atoms with van der Waals surface area (Å²) in [4.78, 5) is 13.1. The molecule has 0 aliphatic heterocycles. The third-order valence-electron chi connectivity index (χ3n) is 4.21. The van der Waals surface area contributed by atoms with E-state index in [1.807, 2.05) is 19.1 Å². The van der Waals surface area contributed by atoms with Gasteiger partial charge < -0.3 is 15.2 Å². The van der Waals surface area contributed by atoms with Crippen LogP contribution < -0.4 is 0 Å². The molecule has 0 aliphatic rings. The number of hydrogen-bond donors (Lipinski definition) is 2. The summed E-state index contributed by atoms with van der Waals surface area (Å²) in [6.07, 6.45) is 3.07. The first-order valence-corrected chi connectivity index (χ1v) is 9.37. The van der Waals surface area contributed by atoms with Gasteiger partial charge in [0.15, 0.2) is 0 Å². The third-order valence-corrected chi connectivity index (χ3v) is 4.21. The first kappa shape index (κ1) is 25.1. The molecule has 0 fully saturated rings. The van der Waals surface area contributed by atoms with Gasteiger partial charge in [-0.25, -0.2) is 4.98 Å². The smallest absolute Gasteiger partial charge is 0.106 e. The van der Waals surface area contributed by atoms with Gasteiger partial charge in [0.05, 0.1) is 17.9 Å². The number of pyridine rings is 1. The summed E-state index contributed by atoms with van der Waals surface area (Å²) < 4.78 is 0. The van der Waals surface area contributed by atoms with Crippen molar-refractivity contribution in [1.29, 1.82) is 0 Å². The Balaban J connectivity index is 0.000000456. The molecule has 1 radical (unpaired) electrons. The van der Waals surface area contributed by atoms with Crippen molar-refractivity contribution in [3.63, 3.8) is 0 Å². The zero-order valence-electron chi connectivity index (χ0n) is 17.5. The first-order chi connectivity index (χ1) is 13.3. The fraction of sp³-hybridized carbons (Fsp3) is 0.348. The van der Waals surface area contributed by atoms with Gasteiger partial charge in [-0.1, -0.05) is 36.9 Å². The van der Waals surface area contributed by atoms with Gasteiger partial charge in [-0.2, -0.15) is 0 Å². The predicted molar refractivity (Wildman–Crippen MR) is 112 cm³/mol. The summed E-state index contributed by atoms with van der Waals surface area (Å²) >= 11 is 0. The van der Waals surface area contributed by atoms with Gasteiger partial charge in [-0.05, 0) is 57.1 Å². The van der Waals surface area contributed by atoms with E-state index in [0.29, 0.717) is 6.42 Å². The Hall–Kier alpha value is -1.98. The Labute approximate surface area is 186 Å². The van der Waals surface area contributed by atoms with E-state index in [4.69, 9.17) is 10.2 Å². The minimum atomic E-state index is -0.375. The van der Waals surface area contributed by atoms with E-state index in [2.05, 4.69) is 53.1 Å². The van der Waals surface area contributed by atoms with E-state index in [1.54, 1.807) is 26.4 Å². The number of hydrogen-bond acceptors (Lipinski definition) is 5. The van der Waals surface area contributed by atoms with Crippen LogP contribution in [0, 0.1) is 26.8 Å². The second-order valence-electron chi connectivity index (χ2n) is 7.09. The summed E-state index contributed by atoms with van der Waals surface area (Å²) in [5, 5.41) is 17.1. The largest absolute Gasteiger partial charge is 0.393 e. The molecule has 3 aromatic rings. The second kappa shape index (κ2) is 11.9. The molecule has 2 atom stereocenters. The van der Waals surface area contributed by atoms with Gasteiger partial charge in [0.25, 0.3) is 0 Å². The Morgan fingerprint density at radius 3 is 2.17 bits per heavy atom. The van der Waals surface area contributed by atoms with Crippen LogP contribution in [0.1, 0.15) is 37.1 Å². The van der Waals surface area contributed by atoms with Gasteiger partial charge in [-0.15, -0.1) is 17.7 Å². The van der Waals surface area contributed by atoms with Crippen molar-refractivity contribution < 1.29 is 30.3 Å². The summed E-state index contributed by atoms with van der Waals surface area (Å²) in [5.41, 5.74) is 7.19. The maximum atomic E-state index is 8.56. The van der Waals surface area contributed by atoms with E-state index in [9.17, 15) is 0 Å². The molecule has 0 bridgehead atoms. The predicted octanol–water partition coefficient (Wildman–Crippen LogP) is 4.07. The van der Waals surface area contributed by atoms with E-state index < -0.39 is 0 Å². The van der Waals surface area contributed by atoms with Crippen LogP contribution in [-0.2, 0) is 20.1 Å². The minimum absolute atomic E-state index is 0. The number of aliphatic hydroxyl groups excluding tert-OH is 2. The Bertz CT molecular complexity index is 908. The minimum Gasteiger partial charge on any atom is -0.393 e. The van der Waals surface area contributed by atoms with Gasteiger partial charge >= 0.3 is 0 Å². The monoisotopic (exact) mass is 571 g/mol. The molecular formula is C23H28IrN3O2-. The van der Waals surface area contributed by atoms with E-state index in [-0.39, 0.29) is 32.3 Å². The van der Waals surface area contributed by atoms with Crippen LogP contribution in [0.5, 0.6) is 0 Å². The standard InChI is InChI=1S/C18H16N3.C5H12O2.Ir/c1-12-6-7-13(2)16(9-12)18-10-17(20-11-21-18)15-5-4-8-19-14(15)3;1-4(6)3-5(2)7;/h4,6-11H,1-3H3;4-7H,3H2,1-2H3;/q-1;;. The molecule has 0 aliphatic carbocycles. The second-order valence-corrected chi connectivity index (χ2v) is 7.09. The molecule has 157 valence electrons. The summed E-state index contributed by atoms with van der Waals surface area (Å²) in [6, 6.07) is 13.4. The Morgan fingerprint density at radius 1 is 0.931 bits per heavy atom. The average Bonchev–Trinajstić information content (AvgIpc) is 2.63. The van der Waals surface area contributed by atoms with Crippen molar-refractivity contribution in [2.75, 3.05) is 0 Å². The number of nitrogens with zero attached hydrogens (tertiary/aromatic N) is 3. The summed E-state index contributed by atoms with van der Waals surface area (Å²) in [7, 11) is 0. The van der Waals surface area contributed by atoms with Gasteiger partial charge in [0, 0.05) is 25.7 Å². The molecule has 29 heavy (non-hydrogen) atoms. The van der Waals surface area contributed by atoms with Crippen molar-refractivity contribution in [2.24, 2.45) is 0 Å². The fourth-order valence-corrected chi connectivity index (χ4v) is 2.84. The molecule has 6 heteroatoms. The number of benzene rings is 1. The first-order valence-electron chi connectivity index (χ1n) is 9.37. The van der Waals surface area contributed by atoms with Crippen LogP contribution in [0.3, 0.4) is 0 Å². The molecule has 0 saturated carbocycles. The van der Waals surface area contributed by atoms with E-state index in [0.717, 1.165) is 28.2 Å². The fourth-order valence-electron chi connectivity index (χ4n) is 2.84. The zero-order chi connectivity index (χ0) is 20.7. The van der Waals surface area contributed by atoms with Crippen LogP contribution in [0.25, 0.3) is 22.5 Å². The van der Waals surface area contributed by atoms with Gasteiger partial charge in [0.2, 0.25) is 0 Å². The summed E-state index contributed by atoms with van der Waals surface area (Å²) in [5.74, 6) is 0. The molecule has 1 aromatic carbocycles. The Kier molecular flexibility index (Phi) is 10.3. The third kappa shape index (κ3) is 7.75. The SMILES string of the molecule is CC(O)CC(C)O.Cc1ccc(C)c(-c2cc(-c3[c-]ccnc3C)ncn2)c1.[Ir]. The molecule has 2 heterocycles. The molecule has 3 rings (SSSR count). The number of aliphatic hydroxyl groups is 2. The molecule has 2 unspecified atom stereocenters. The van der Waals surface area contributed by atoms with Gasteiger partial charge in [0.1, 0.15) is 6.33 Å². The van der Waals surface area contributed by atoms with Crippen LogP contribution in [-0.4, -0.2) is 37.4 Å². The van der Waals surface area contributed by atoms with Crippen LogP contribution >= 0.6 is 0 Å². The molecule has 0 saturated heterocycles. The number of aryl methyl sites for hydroxylation is 3. The normalized spacial score (nSPS) is 12.2. The molecule has 2 N–H and O–H groups in total. The van der Waals surface area contributed by atoms with Crippen molar-refractivity contribution in [1.82, 2.24) is 15.0 Å². The quantitative estimate of drug-likeness (QED) is 0.463. The van der Waals surface area contributed by atoms with Crippen LogP contribution in [0.4, 0.5) is 0 Å².